The molecule has 0 saturated heterocycles. The first-order chi connectivity index (χ1) is 10.5. The molecule has 22 heavy (non-hydrogen) atoms. The molecule has 0 aliphatic rings. The van der Waals surface area contributed by atoms with Gasteiger partial charge in [-0.15, -0.1) is 0 Å². The zero-order chi connectivity index (χ0) is 16.0. The van der Waals surface area contributed by atoms with Crippen LogP contribution in [0.1, 0.15) is 29.2 Å². The highest BCUT2D eigenvalue weighted by Crippen LogP contribution is 2.29. The average Bonchev–Trinajstić information content (AvgIpc) is 2.51. The molecule has 2 aromatic rings. The number of nitrogens with zero attached hydrogens (tertiary/aromatic N) is 1. The van der Waals surface area contributed by atoms with Gasteiger partial charge in [0, 0.05) is 5.56 Å². The second-order valence-electron chi connectivity index (χ2n) is 4.73. The van der Waals surface area contributed by atoms with Crippen LogP contribution in [0.15, 0.2) is 53.7 Å². The third kappa shape index (κ3) is 4.62. The first kappa shape index (κ1) is 16.1. The summed E-state index contributed by atoms with van der Waals surface area (Å²) < 4.78 is 37.7. The van der Waals surface area contributed by atoms with Gasteiger partial charge in [0.2, 0.25) is 0 Å². The second-order valence-corrected chi connectivity index (χ2v) is 4.73. The summed E-state index contributed by atoms with van der Waals surface area (Å²) in [4.78, 5) is 5.01. The highest BCUT2D eigenvalue weighted by Gasteiger charge is 2.30. The summed E-state index contributed by atoms with van der Waals surface area (Å²) in [5.41, 5.74) is 1.63. The zero-order valence-corrected chi connectivity index (χ0v) is 12.0. The fourth-order valence-corrected chi connectivity index (χ4v) is 1.89. The SMILES string of the molecule is CCc1cccc(/[C]=N\OCc2cccc(C(F)(F)F)c2)c1. The lowest BCUT2D eigenvalue weighted by molar-refractivity contribution is -0.137. The normalized spacial score (nSPS) is 11.8. The van der Waals surface area contributed by atoms with Crippen molar-refractivity contribution in [1.82, 2.24) is 0 Å². The number of benzene rings is 2. The van der Waals surface area contributed by atoms with Crippen molar-refractivity contribution < 1.29 is 18.0 Å². The van der Waals surface area contributed by atoms with E-state index in [-0.39, 0.29) is 6.61 Å². The Morgan fingerprint density at radius 2 is 1.77 bits per heavy atom. The molecule has 0 heterocycles. The summed E-state index contributed by atoms with van der Waals surface area (Å²) >= 11 is 0. The topological polar surface area (TPSA) is 21.6 Å². The van der Waals surface area contributed by atoms with Gasteiger partial charge in [-0.05, 0) is 35.7 Å². The Bertz CT molecular complexity index is 650. The van der Waals surface area contributed by atoms with E-state index in [1.54, 1.807) is 6.07 Å². The average molecular weight is 306 g/mol. The minimum atomic E-state index is -4.36. The highest BCUT2D eigenvalue weighted by molar-refractivity contribution is 5.79. The molecule has 0 unspecified atom stereocenters. The van der Waals surface area contributed by atoms with E-state index in [0.29, 0.717) is 5.56 Å². The van der Waals surface area contributed by atoms with Crippen LogP contribution in [0.3, 0.4) is 0 Å². The van der Waals surface area contributed by atoms with Gasteiger partial charge in [-0.2, -0.15) is 13.2 Å². The third-order valence-electron chi connectivity index (χ3n) is 3.06. The molecule has 0 atom stereocenters. The van der Waals surface area contributed by atoms with E-state index in [4.69, 9.17) is 4.84 Å². The van der Waals surface area contributed by atoms with Gasteiger partial charge in [-0.25, -0.2) is 0 Å². The molecule has 0 spiro atoms. The molecule has 0 N–H and O–H groups in total. The fraction of sp³-hybridized carbons (Fsp3) is 0.235. The number of rotatable bonds is 5. The molecule has 0 aromatic heterocycles. The standard InChI is InChI=1S/C17H15F3NO/c1-2-13-5-3-6-14(9-13)11-21-22-12-15-7-4-8-16(10-15)17(18,19)20/h3-10H,2,12H2,1H3. The summed E-state index contributed by atoms with van der Waals surface area (Å²) in [7, 11) is 0. The van der Waals surface area contributed by atoms with E-state index in [2.05, 4.69) is 11.4 Å². The van der Waals surface area contributed by atoms with Crippen LogP contribution < -0.4 is 0 Å². The Hall–Kier alpha value is -2.30. The predicted octanol–water partition coefficient (Wildman–Crippen LogP) is 4.70. The first-order valence-corrected chi connectivity index (χ1v) is 6.82. The summed E-state index contributed by atoms with van der Waals surface area (Å²) in [6.07, 6.45) is -0.737. The van der Waals surface area contributed by atoms with Crippen LogP contribution >= 0.6 is 0 Å². The molecular weight excluding hydrogens is 291 g/mol. The maximum atomic E-state index is 12.6. The van der Waals surface area contributed by atoms with Gasteiger partial charge in [-0.3, -0.25) is 0 Å². The summed E-state index contributed by atoms with van der Waals surface area (Å²) in [6, 6.07) is 12.6. The summed E-state index contributed by atoms with van der Waals surface area (Å²) in [5.74, 6) is 0. The lowest BCUT2D eigenvalue weighted by Crippen LogP contribution is -2.05. The first-order valence-electron chi connectivity index (χ1n) is 6.82. The Morgan fingerprint density at radius 1 is 1.05 bits per heavy atom. The van der Waals surface area contributed by atoms with E-state index in [0.717, 1.165) is 29.7 Å². The molecule has 0 amide bonds. The fourth-order valence-electron chi connectivity index (χ4n) is 1.89. The third-order valence-corrected chi connectivity index (χ3v) is 3.06. The Kier molecular flexibility index (Phi) is 5.20. The molecule has 0 bridgehead atoms. The van der Waals surface area contributed by atoms with Crippen molar-refractivity contribution in [2.24, 2.45) is 5.16 Å². The van der Waals surface area contributed by atoms with Crippen molar-refractivity contribution in [3.63, 3.8) is 0 Å². The quantitative estimate of drug-likeness (QED) is 0.580. The number of hydrogen-bond acceptors (Lipinski definition) is 2. The second kappa shape index (κ2) is 7.11. The monoisotopic (exact) mass is 306 g/mol. The number of aryl methyl sites for hydroxylation is 1. The van der Waals surface area contributed by atoms with Crippen molar-refractivity contribution in [1.29, 1.82) is 0 Å². The lowest BCUT2D eigenvalue weighted by Gasteiger charge is -2.07. The van der Waals surface area contributed by atoms with Crippen LogP contribution in [0, 0.1) is 0 Å². The molecule has 5 heteroatoms. The Balaban J connectivity index is 1.94. The molecular formula is C17H15F3NO. The molecule has 2 nitrogen and oxygen atoms in total. The van der Waals surface area contributed by atoms with Crippen LogP contribution in [0.4, 0.5) is 13.2 Å². The van der Waals surface area contributed by atoms with E-state index >= 15 is 0 Å². The van der Waals surface area contributed by atoms with Gasteiger partial charge in [0.1, 0.15) is 12.8 Å². The van der Waals surface area contributed by atoms with E-state index in [1.807, 2.05) is 31.2 Å². The molecule has 0 aliphatic heterocycles. The number of hydrogen-bond donors (Lipinski definition) is 0. The van der Waals surface area contributed by atoms with Crippen molar-refractivity contribution in [3.05, 3.63) is 70.8 Å². The maximum absolute atomic E-state index is 12.6. The highest BCUT2D eigenvalue weighted by atomic mass is 19.4. The minimum absolute atomic E-state index is 0.0373. The van der Waals surface area contributed by atoms with Crippen LogP contribution in [0.25, 0.3) is 0 Å². The van der Waals surface area contributed by atoms with Gasteiger partial charge >= 0.3 is 6.18 Å². The maximum Gasteiger partial charge on any atom is 0.416 e. The molecule has 0 saturated carbocycles. The van der Waals surface area contributed by atoms with Gasteiger partial charge in [-0.1, -0.05) is 42.4 Å². The minimum Gasteiger partial charge on any atom is -0.390 e. The van der Waals surface area contributed by atoms with Crippen molar-refractivity contribution in [2.75, 3.05) is 0 Å². The van der Waals surface area contributed by atoms with Gasteiger partial charge in [0.05, 0.1) is 5.56 Å². The Morgan fingerprint density at radius 3 is 2.50 bits per heavy atom. The zero-order valence-electron chi connectivity index (χ0n) is 12.0. The number of halogens is 3. The molecule has 2 aromatic carbocycles. The van der Waals surface area contributed by atoms with Gasteiger partial charge in [0.15, 0.2) is 0 Å². The molecule has 115 valence electrons. The summed E-state index contributed by atoms with van der Waals surface area (Å²) in [6.45, 7) is 2.00. The summed E-state index contributed by atoms with van der Waals surface area (Å²) in [5, 5.41) is 3.67. The smallest absolute Gasteiger partial charge is 0.390 e. The van der Waals surface area contributed by atoms with E-state index in [9.17, 15) is 13.2 Å². The van der Waals surface area contributed by atoms with Gasteiger partial charge < -0.3 is 4.84 Å². The lowest BCUT2D eigenvalue weighted by atomic mass is 10.1. The van der Waals surface area contributed by atoms with E-state index in [1.165, 1.54) is 6.07 Å². The van der Waals surface area contributed by atoms with Crippen molar-refractivity contribution in [2.45, 2.75) is 26.1 Å². The van der Waals surface area contributed by atoms with Crippen LogP contribution in [0.2, 0.25) is 0 Å². The number of alkyl halides is 3. The molecule has 0 fully saturated rings. The van der Waals surface area contributed by atoms with Gasteiger partial charge in [0.25, 0.3) is 0 Å². The molecule has 2 rings (SSSR count). The van der Waals surface area contributed by atoms with Crippen LogP contribution in [-0.4, -0.2) is 6.21 Å². The van der Waals surface area contributed by atoms with E-state index < -0.39 is 11.7 Å². The van der Waals surface area contributed by atoms with Crippen LogP contribution in [0.5, 0.6) is 0 Å². The largest absolute Gasteiger partial charge is 0.416 e. The van der Waals surface area contributed by atoms with Crippen LogP contribution in [-0.2, 0) is 24.0 Å². The Labute approximate surface area is 127 Å². The molecule has 1 radical (unpaired) electrons. The molecule has 0 aliphatic carbocycles. The van der Waals surface area contributed by atoms with Crippen molar-refractivity contribution >= 4 is 6.21 Å². The van der Waals surface area contributed by atoms with Crippen molar-refractivity contribution in [3.8, 4) is 0 Å². The predicted molar refractivity (Wildman–Crippen MR) is 78.6 cm³/mol.